The second-order valence-electron chi connectivity index (χ2n) is 6.48. The van der Waals surface area contributed by atoms with E-state index in [1.54, 1.807) is 16.7 Å². The smallest absolute Gasteiger partial charge is 0.321 e. The number of amides is 1. The summed E-state index contributed by atoms with van der Waals surface area (Å²) in [6.07, 6.45) is 0.419. The van der Waals surface area contributed by atoms with Gasteiger partial charge in [0, 0.05) is 4.90 Å². The Morgan fingerprint density at radius 1 is 1.25 bits per heavy atom. The molecule has 2 N–H and O–H groups in total. The molecule has 1 atom stereocenters. The fourth-order valence-corrected chi connectivity index (χ4v) is 4.06. The first-order chi connectivity index (χ1) is 13.6. The highest BCUT2D eigenvalue weighted by Crippen LogP contribution is 2.29. The average Bonchev–Trinajstić information content (AvgIpc) is 2.70. The first-order valence-corrected chi connectivity index (χ1v) is 10.3. The topological polar surface area (TPSA) is 78.9 Å². The number of hydrogen-bond acceptors (Lipinski definition) is 5. The Hall–Kier alpha value is -2.51. The van der Waals surface area contributed by atoms with Crippen molar-refractivity contribution >= 4 is 23.6 Å². The number of aliphatic carboxylic acids is 1. The first-order valence-electron chi connectivity index (χ1n) is 9.27. The molecule has 1 aliphatic heterocycles. The van der Waals surface area contributed by atoms with E-state index in [9.17, 15) is 14.7 Å². The van der Waals surface area contributed by atoms with E-state index in [2.05, 4.69) is 5.32 Å². The molecule has 28 heavy (non-hydrogen) atoms. The third-order valence-electron chi connectivity index (χ3n) is 4.52. The molecule has 0 spiro atoms. The van der Waals surface area contributed by atoms with E-state index in [4.69, 9.17) is 4.74 Å². The van der Waals surface area contributed by atoms with Crippen LogP contribution in [0, 0.1) is 0 Å². The lowest BCUT2D eigenvalue weighted by Crippen LogP contribution is -2.38. The van der Waals surface area contributed by atoms with Gasteiger partial charge < -0.3 is 20.1 Å². The number of ether oxygens (including phenoxy) is 1. The molecular weight excluding hydrogens is 376 g/mol. The summed E-state index contributed by atoms with van der Waals surface area (Å²) in [5, 5.41) is 12.2. The van der Waals surface area contributed by atoms with Gasteiger partial charge in [0.2, 0.25) is 0 Å². The number of carbonyl (C=O) groups excluding carboxylic acids is 1. The lowest BCUT2D eigenvalue weighted by atomic mass is 10.1. The number of carbonyl (C=O) groups is 2. The monoisotopic (exact) mass is 400 g/mol. The molecule has 1 unspecified atom stereocenters. The van der Waals surface area contributed by atoms with E-state index in [0.29, 0.717) is 37.7 Å². The molecule has 0 radical (unpaired) electrons. The van der Waals surface area contributed by atoms with Gasteiger partial charge in [-0.3, -0.25) is 9.59 Å². The van der Waals surface area contributed by atoms with Gasteiger partial charge in [0.05, 0.1) is 18.0 Å². The number of nitrogens with zero attached hydrogens (tertiary/aromatic N) is 1. The van der Waals surface area contributed by atoms with Gasteiger partial charge in [-0.1, -0.05) is 31.2 Å². The number of rotatable bonds is 9. The highest BCUT2D eigenvalue weighted by atomic mass is 32.2. The number of thioether (sulfide) groups is 1. The standard InChI is InChI=1S/C21H24N2O4S/c1-2-22-18(21(25)26)13-15-7-9-16(10-8-15)27-12-11-23-14-28-19-6-4-3-5-17(19)20(23)24/h3-10,18,22H,2,11-14H2,1H3,(H,25,26). The molecule has 2 aromatic rings. The van der Waals surface area contributed by atoms with Crippen LogP contribution in [-0.4, -0.2) is 53.5 Å². The van der Waals surface area contributed by atoms with Crippen LogP contribution < -0.4 is 10.1 Å². The highest BCUT2D eigenvalue weighted by Gasteiger charge is 2.24. The zero-order valence-corrected chi connectivity index (χ0v) is 16.6. The SMILES string of the molecule is CCNC(Cc1ccc(OCCN2CSc3ccccc3C2=O)cc1)C(=O)O. The molecule has 1 amide bonds. The van der Waals surface area contributed by atoms with Crippen molar-refractivity contribution in [1.29, 1.82) is 0 Å². The maximum Gasteiger partial charge on any atom is 0.321 e. The van der Waals surface area contributed by atoms with Gasteiger partial charge in [-0.15, -0.1) is 11.8 Å². The van der Waals surface area contributed by atoms with Crippen molar-refractivity contribution in [2.45, 2.75) is 24.3 Å². The number of carboxylic acids is 1. The molecule has 0 saturated heterocycles. The van der Waals surface area contributed by atoms with Gasteiger partial charge in [-0.25, -0.2) is 0 Å². The Bertz CT molecular complexity index is 825. The van der Waals surface area contributed by atoms with Crippen molar-refractivity contribution in [3.8, 4) is 5.75 Å². The summed E-state index contributed by atoms with van der Waals surface area (Å²) in [5.41, 5.74) is 1.68. The number of fused-ring (bicyclic) bond motifs is 1. The van der Waals surface area contributed by atoms with Crippen LogP contribution in [0.3, 0.4) is 0 Å². The summed E-state index contributed by atoms with van der Waals surface area (Å²) in [6.45, 7) is 3.42. The number of nitrogens with one attached hydrogen (secondary N) is 1. The van der Waals surface area contributed by atoms with E-state index in [0.717, 1.165) is 16.0 Å². The van der Waals surface area contributed by atoms with E-state index >= 15 is 0 Å². The number of likely N-dealkylation sites (N-methyl/N-ethyl adjacent to an activating group) is 1. The van der Waals surface area contributed by atoms with Crippen LogP contribution in [0.4, 0.5) is 0 Å². The lowest BCUT2D eigenvalue weighted by Gasteiger charge is -2.27. The number of benzene rings is 2. The van der Waals surface area contributed by atoms with Gasteiger partial charge in [-0.05, 0) is 42.8 Å². The highest BCUT2D eigenvalue weighted by molar-refractivity contribution is 7.99. The zero-order valence-electron chi connectivity index (χ0n) is 15.8. The normalized spacial score (nSPS) is 14.5. The second kappa shape index (κ2) is 9.61. The van der Waals surface area contributed by atoms with Crippen LogP contribution >= 0.6 is 11.8 Å². The molecular formula is C21H24N2O4S. The van der Waals surface area contributed by atoms with Crippen molar-refractivity contribution in [2.24, 2.45) is 0 Å². The molecule has 1 heterocycles. The first kappa shape index (κ1) is 20.2. The molecule has 7 heteroatoms. The number of hydrogen-bond donors (Lipinski definition) is 2. The van der Waals surface area contributed by atoms with Gasteiger partial charge in [0.1, 0.15) is 18.4 Å². The van der Waals surface area contributed by atoms with Crippen LogP contribution in [-0.2, 0) is 11.2 Å². The van der Waals surface area contributed by atoms with Crippen molar-refractivity contribution in [3.63, 3.8) is 0 Å². The maximum atomic E-state index is 12.5. The summed E-state index contributed by atoms with van der Waals surface area (Å²) in [7, 11) is 0. The molecule has 0 saturated carbocycles. The van der Waals surface area contributed by atoms with E-state index in [-0.39, 0.29) is 5.91 Å². The Kier molecular flexibility index (Phi) is 6.95. The Balaban J connectivity index is 1.49. The molecule has 0 bridgehead atoms. The minimum atomic E-state index is -0.854. The van der Waals surface area contributed by atoms with Crippen LogP contribution in [0.25, 0.3) is 0 Å². The van der Waals surface area contributed by atoms with Crippen molar-refractivity contribution < 1.29 is 19.4 Å². The van der Waals surface area contributed by atoms with Gasteiger partial charge in [0.15, 0.2) is 0 Å². The van der Waals surface area contributed by atoms with E-state index in [1.807, 2.05) is 55.5 Å². The van der Waals surface area contributed by atoms with Crippen molar-refractivity contribution in [3.05, 3.63) is 59.7 Å². The van der Waals surface area contributed by atoms with Crippen LogP contribution in [0.2, 0.25) is 0 Å². The molecule has 148 valence electrons. The number of carboxylic acid groups (broad SMARTS) is 1. The summed E-state index contributed by atoms with van der Waals surface area (Å²) in [4.78, 5) is 26.6. The van der Waals surface area contributed by atoms with Gasteiger partial charge in [-0.2, -0.15) is 0 Å². The van der Waals surface area contributed by atoms with Crippen LogP contribution in [0.1, 0.15) is 22.8 Å². The fraction of sp³-hybridized carbons (Fsp3) is 0.333. The predicted molar refractivity (Wildman–Crippen MR) is 109 cm³/mol. The maximum absolute atomic E-state index is 12.5. The van der Waals surface area contributed by atoms with Crippen molar-refractivity contribution in [1.82, 2.24) is 10.2 Å². The Labute approximate surface area is 168 Å². The van der Waals surface area contributed by atoms with Gasteiger partial charge in [0.25, 0.3) is 5.91 Å². The van der Waals surface area contributed by atoms with E-state index in [1.165, 1.54) is 0 Å². The third-order valence-corrected chi connectivity index (χ3v) is 5.63. The largest absolute Gasteiger partial charge is 0.492 e. The molecule has 2 aromatic carbocycles. The summed E-state index contributed by atoms with van der Waals surface area (Å²) < 4.78 is 5.76. The summed E-state index contributed by atoms with van der Waals surface area (Å²) in [5.74, 6) is 0.514. The average molecular weight is 401 g/mol. The van der Waals surface area contributed by atoms with Crippen LogP contribution in [0.5, 0.6) is 5.75 Å². The minimum absolute atomic E-state index is 0.0384. The molecule has 0 aromatic heterocycles. The quantitative estimate of drug-likeness (QED) is 0.674. The van der Waals surface area contributed by atoms with Gasteiger partial charge >= 0.3 is 5.97 Å². The third kappa shape index (κ3) is 5.05. The Morgan fingerprint density at radius 3 is 2.71 bits per heavy atom. The molecule has 6 nitrogen and oxygen atoms in total. The zero-order chi connectivity index (χ0) is 19.9. The fourth-order valence-electron chi connectivity index (χ4n) is 3.04. The van der Waals surface area contributed by atoms with Crippen molar-refractivity contribution in [2.75, 3.05) is 25.6 Å². The molecule has 3 rings (SSSR count). The molecule has 1 aliphatic rings. The van der Waals surface area contributed by atoms with E-state index < -0.39 is 12.0 Å². The molecule has 0 fully saturated rings. The lowest BCUT2D eigenvalue weighted by molar-refractivity contribution is -0.139. The predicted octanol–water partition coefficient (Wildman–Crippen LogP) is 2.88. The molecule has 0 aliphatic carbocycles. The van der Waals surface area contributed by atoms with Crippen LogP contribution in [0.15, 0.2) is 53.4 Å². The minimum Gasteiger partial charge on any atom is -0.492 e. The summed E-state index contributed by atoms with van der Waals surface area (Å²) >= 11 is 1.66. The second-order valence-corrected chi connectivity index (χ2v) is 7.47. The Morgan fingerprint density at radius 2 is 2.00 bits per heavy atom. The summed E-state index contributed by atoms with van der Waals surface area (Å²) in [6, 6.07) is 14.5.